The maximum atomic E-state index is 9.61. The molecule has 3 heteroatoms. The molecule has 0 amide bonds. The summed E-state index contributed by atoms with van der Waals surface area (Å²) in [5, 5.41) is 9.61. The third-order valence-corrected chi connectivity index (χ3v) is 2.26. The molecule has 0 saturated carbocycles. The number of anilines is 1. The molecule has 0 aliphatic rings. The van der Waals surface area contributed by atoms with Crippen LogP contribution >= 0.6 is 0 Å². The van der Waals surface area contributed by atoms with E-state index in [0.29, 0.717) is 5.82 Å². The fourth-order valence-electron chi connectivity index (χ4n) is 1.45. The van der Waals surface area contributed by atoms with E-state index in [9.17, 15) is 5.11 Å². The fraction of sp³-hybridized carbons (Fsp3) is 0.0909. The molecule has 2 rings (SSSR count). The number of hydrogen-bond donors (Lipinski definition) is 2. The first-order valence-corrected chi connectivity index (χ1v) is 4.38. The number of nitrogen functional groups attached to an aromatic ring is 1. The van der Waals surface area contributed by atoms with Gasteiger partial charge in [-0.1, -0.05) is 18.2 Å². The van der Waals surface area contributed by atoms with Crippen LogP contribution in [0.5, 0.6) is 5.75 Å². The predicted molar refractivity (Wildman–Crippen MR) is 56.9 cm³/mol. The molecule has 0 unspecified atom stereocenters. The minimum atomic E-state index is 0.276. The summed E-state index contributed by atoms with van der Waals surface area (Å²) in [4.78, 5) is 0. The molecule has 3 N–H and O–H groups in total. The van der Waals surface area contributed by atoms with Crippen molar-refractivity contribution in [1.82, 2.24) is 4.57 Å². The molecule has 72 valence electrons. The van der Waals surface area contributed by atoms with Crippen LogP contribution in [0, 0.1) is 0 Å². The molecule has 1 aromatic heterocycles. The monoisotopic (exact) mass is 188 g/mol. The lowest BCUT2D eigenvalue weighted by Crippen LogP contribution is -1.92. The zero-order chi connectivity index (χ0) is 10.1. The zero-order valence-electron chi connectivity index (χ0n) is 7.94. The van der Waals surface area contributed by atoms with Gasteiger partial charge in [0.2, 0.25) is 0 Å². The van der Waals surface area contributed by atoms with Crippen LogP contribution in [-0.2, 0) is 7.05 Å². The lowest BCUT2D eigenvalue weighted by atomic mass is 10.1. The van der Waals surface area contributed by atoms with E-state index in [1.807, 2.05) is 36.0 Å². The van der Waals surface area contributed by atoms with Crippen molar-refractivity contribution in [3.63, 3.8) is 0 Å². The highest BCUT2D eigenvalue weighted by Gasteiger charge is 2.05. The van der Waals surface area contributed by atoms with Gasteiger partial charge in [-0.05, 0) is 12.1 Å². The molecular weight excluding hydrogens is 176 g/mol. The topological polar surface area (TPSA) is 51.2 Å². The summed E-state index contributed by atoms with van der Waals surface area (Å²) in [5.74, 6) is 0.960. The Morgan fingerprint density at radius 1 is 1.29 bits per heavy atom. The summed E-state index contributed by atoms with van der Waals surface area (Å²) in [5.41, 5.74) is 7.45. The van der Waals surface area contributed by atoms with E-state index in [-0.39, 0.29) is 5.75 Å². The first-order valence-electron chi connectivity index (χ1n) is 4.38. The molecule has 0 atom stereocenters. The van der Waals surface area contributed by atoms with Crippen LogP contribution < -0.4 is 5.73 Å². The van der Waals surface area contributed by atoms with Gasteiger partial charge in [-0.3, -0.25) is 0 Å². The number of aromatic hydroxyl groups is 1. The Balaban J connectivity index is 2.55. The number of nitrogens with zero attached hydrogens (tertiary/aromatic N) is 1. The fourth-order valence-corrected chi connectivity index (χ4v) is 1.45. The summed E-state index contributed by atoms with van der Waals surface area (Å²) in [6, 6.07) is 9.06. The van der Waals surface area contributed by atoms with E-state index in [0.717, 1.165) is 11.1 Å². The van der Waals surface area contributed by atoms with Crippen LogP contribution in [0.15, 0.2) is 36.5 Å². The number of aromatic nitrogens is 1. The van der Waals surface area contributed by atoms with Gasteiger partial charge < -0.3 is 15.4 Å². The second-order valence-corrected chi connectivity index (χ2v) is 3.28. The average molecular weight is 188 g/mol. The molecule has 0 bridgehead atoms. The highest BCUT2D eigenvalue weighted by molar-refractivity contribution is 5.72. The molecule has 1 aromatic carbocycles. The Bertz CT molecular complexity index is 441. The van der Waals surface area contributed by atoms with Gasteiger partial charge in [0, 0.05) is 24.4 Å². The molecule has 0 radical (unpaired) electrons. The number of nitrogens with two attached hydrogens (primary N) is 1. The van der Waals surface area contributed by atoms with Crippen LogP contribution in [0.1, 0.15) is 0 Å². The molecule has 14 heavy (non-hydrogen) atoms. The number of aryl methyl sites for hydroxylation is 1. The second-order valence-electron chi connectivity index (χ2n) is 3.28. The van der Waals surface area contributed by atoms with Crippen LogP contribution in [0.25, 0.3) is 11.1 Å². The second kappa shape index (κ2) is 3.10. The highest BCUT2D eigenvalue weighted by atomic mass is 16.3. The van der Waals surface area contributed by atoms with Crippen molar-refractivity contribution in [3.8, 4) is 16.9 Å². The van der Waals surface area contributed by atoms with Crippen molar-refractivity contribution in [2.24, 2.45) is 7.05 Å². The quantitative estimate of drug-likeness (QED) is 0.719. The number of para-hydroxylation sites is 1. The number of phenolic OH excluding ortho intramolecular Hbond substituents is 1. The maximum absolute atomic E-state index is 9.61. The van der Waals surface area contributed by atoms with Crippen LogP contribution in [-0.4, -0.2) is 9.67 Å². The van der Waals surface area contributed by atoms with E-state index >= 15 is 0 Å². The predicted octanol–water partition coefficient (Wildman–Crippen LogP) is 1.98. The van der Waals surface area contributed by atoms with Crippen LogP contribution in [0.3, 0.4) is 0 Å². The van der Waals surface area contributed by atoms with Crippen LogP contribution in [0.2, 0.25) is 0 Å². The minimum absolute atomic E-state index is 0.276. The van der Waals surface area contributed by atoms with Gasteiger partial charge in [-0.2, -0.15) is 0 Å². The van der Waals surface area contributed by atoms with Gasteiger partial charge in [0.05, 0.1) is 0 Å². The van der Waals surface area contributed by atoms with Gasteiger partial charge in [0.1, 0.15) is 11.6 Å². The SMILES string of the molecule is Cn1cc(-c2ccccc2O)cc1N. The molecule has 0 saturated heterocycles. The number of rotatable bonds is 1. The Morgan fingerprint density at radius 3 is 2.57 bits per heavy atom. The summed E-state index contributed by atoms with van der Waals surface area (Å²) in [6.45, 7) is 0. The number of hydrogen-bond acceptors (Lipinski definition) is 2. The minimum Gasteiger partial charge on any atom is -0.507 e. The Labute approximate surface area is 82.4 Å². The Morgan fingerprint density at radius 2 is 2.00 bits per heavy atom. The van der Waals surface area contributed by atoms with Gasteiger partial charge in [-0.15, -0.1) is 0 Å². The van der Waals surface area contributed by atoms with E-state index < -0.39 is 0 Å². The standard InChI is InChI=1S/C11H12N2O/c1-13-7-8(6-11(13)12)9-4-2-3-5-10(9)14/h2-7,14H,12H2,1H3. The molecule has 2 aromatic rings. The van der Waals surface area contributed by atoms with Crippen molar-refractivity contribution in [2.45, 2.75) is 0 Å². The average Bonchev–Trinajstić information content (AvgIpc) is 2.48. The molecule has 1 heterocycles. The molecular formula is C11H12N2O. The van der Waals surface area contributed by atoms with Gasteiger partial charge in [0.15, 0.2) is 0 Å². The van der Waals surface area contributed by atoms with Crippen molar-refractivity contribution in [2.75, 3.05) is 5.73 Å². The van der Waals surface area contributed by atoms with Crippen molar-refractivity contribution >= 4 is 5.82 Å². The third-order valence-electron chi connectivity index (χ3n) is 2.26. The maximum Gasteiger partial charge on any atom is 0.123 e. The summed E-state index contributed by atoms with van der Waals surface area (Å²) >= 11 is 0. The van der Waals surface area contributed by atoms with Gasteiger partial charge >= 0.3 is 0 Å². The summed E-state index contributed by atoms with van der Waals surface area (Å²) < 4.78 is 1.82. The van der Waals surface area contributed by atoms with Crippen molar-refractivity contribution in [1.29, 1.82) is 0 Å². The van der Waals surface area contributed by atoms with E-state index in [1.165, 1.54) is 0 Å². The summed E-state index contributed by atoms with van der Waals surface area (Å²) in [6.07, 6.45) is 1.89. The zero-order valence-corrected chi connectivity index (χ0v) is 7.94. The first kappa shape index (κ1) is 8.69. The van der Waals surface area contributed by atoms with Crippen molar-refractivity contribution in [3.05, 3.63) is 36.5 Å². The molecule has 3 nitrogen and oxygen atoms in total. The highest BCUT2D eigenvalue weighted by Crippen LogP contribution is 2.30. The van der Waals surface area contributed by atoms with E-state index in [4.69, 9.17) is 5.73 Å². The Kier molecular flexibility index (Phi) is 1.93. The summed E-state index contributed by atoms with van der Waals surface area (Å²) in [7, 11) is 1.87. The molecule has 0 aliphatic carbocycles. The van der Waals surface area contributed by atoms with E-state index in [2.05, 4.69) is 0 Å². The molecule has 0 aliphatic heterocycles. The third kappa shape index (κ3) is 1.33. The van der Waals surface area contributed by atoms with Gasteiger partial charge in [-0.25, -0.2) is 0 Å². The molecule has 0 fully saturated rings. The lowest BCUT2D eigenvalue weighted by molar-refractivity contribution is 0.477. The van der Waals surface area contributed by atoms with E-state index in [1.54, 1.807) is 12.1 Å². The number of benzene rings is 1. The number of phenols is 1. The first-order chi connectivity index (χ1) is 6.68. The van der Waals surface area contributed by atoms with Crippen LogP contribution in [0.4, 0.5) is 5.82 Å². The smallest absolute Gasteiger partial charge is 0.123 e. The Hall–Kier alpha value is -1.90. The lowest BCUT2D eigenvalue weighted by Gasteiger charge is -1.99. The normalized spacial score (nSPS) is 10.4. The van der Waals surface area contributed by atoms with Gasteiger partial charge in [0.25, 0.3) is 0 Å². The molecule has 0 spiro atoms. The largest absolute Gasteiger partial charge is 0.507 e. The van der Waals surface area contributed by atoms with Crippen molar-refractivity contribution < 1.29 is 5.11 Å².